The van der Waals surface area contributed by atoms with Gasteiger partial charge in [-0.25, -0.2) is 4.79 Å². The topological polar surface area (TPSA) is 72.2 Å². The normalized spacial score (nSPS) is 10.6. The highest BCUT2D eigenvalue weighted by atomic mass is 16.5. The Morgan fingerprint density at radius 3 is 2.82 bits per heavy atom. The molecule has 0 spiro atoms. The molecule has 1 aromatic carbocycles. The number of carbonyl (C=O) groups excluding carboxylic acids is 1. The van der Waals surface area contributed by atoms with Gasteiger partial charge in [0, 0.05) is 23.5 Å². The van der Waals surface area contributed by atoms with Gasteiger partial charge in [0.1, 0.15) is 24.0 Å². The molecule has 0 atom stereocenters. The zero-order valence-electron chi connectivity index (χ0n) is 12.0. The van der Waals surface area contributed by atoms with Gasteiger partial charge in [0.25, 0.3) is 0 Å². The fourth-order valence-electron chi connectivity index (χ4n) is 1.78. The number of para-hydroxylation sites is 1. The summed E-state index contributed by atoms with van der Waals surface area (Å²) in [6, 6.07) is 12.7. The van der Waals surface area contributed by atoms with E-state index in [1.54, 1.807) is 30.6 Å². The van der Waals surface area contributed by atoms with Crippen LogP contribution in [-0.2, 0) is 16.1 Å². The molecule has 5 nitrogen and oxygen atoms in total. The number of ether oxygens (including phenoxy) is 2. The lowest BCUT2D eigenvalue weighted by Crippen LogP contribution is -2.03. The Bertz CT molecular complexity index is 718. The van der Waals surface area contributed by atoms with Gasteiger partial charge >= 0.3 is 5.97 Å². The Morgan fingerprint density at radius 1 is 1.32 bits per heavy atom. The van der Waals surface area contributed by atoms with Crippen molar-refractivity contribution >= 4 is 12.0 Å². The number of hydrogen-bond acceptors (Lipinski definition) is 5. The van der Waals surface area contributed by atoms with E-state index in [-0.39, 0.29) is 5.57 Å². The standard InChI is InChI=1S/C17H14N2O3/c1-21-17(20)15(10-18)9-14-6-2-3-7-16(14)22-12-13-5-4-8-19-11-13/h2-9,11H,12H2,1H3/b15-9+. The Morgan fingerprint density at radius 2 is 2.14 bits per heavy atom. The zero-order valence-corrected chi connectivity index (χ0v) is 12.0. The maximum atomic E-state index is 11.5. The van der Waals surface area contributed by atoms with Crippen molar-refractivity contribution in [3.8, 4) is 11.8 Å². The van der Waals surface area contributed by atoms with Crippen molar-refractivity contribution in [3.05, 3.63) is 65.5 Å². The van der Waals surface area contributed by atoms with E-state index < -0.39 is 5.97 Å². The number of esters is 1. The lowest BCUT2D eigenvalue weighted by molar-refractivity contribution is -0.135. The smallest absolute Gasteiger partial charge is 0.348 e. The van der Waals surface area contributed by atoms with Crippen molar-refractivity contribution in [2.75, 3.05) is 7.11 Å². The fourth-order valence-corrected chi connectivity index (χ4v) is 1.78. The van der Waals surface area contributed by atoms with Crippen LogP contribution >= 0.6 is 0 Å². The second-order valence-electron chi connectivity index (χ2n) is 4.35. The molecule has 0 aliphatic carbocycles. The minimum absolute atomic E-state index is 0.0834. The molecule has 0 aliphatic rings. The minimum Gasteiger partial charge on any atom is -0.488 e. The van der Waals surface area contributed by atoms with E-state index in [1.807, 2.05) is 24.3 Å². The SMILES string of the molecule is COC(=O)/C(C#N)=C/c1ccccc1OCc1cccnc1. The van der Waals surface area contributed by atoms with E-state index in [1.165, 1.54) is 13.2 Å². The summed E-state index contributed by atoms with van der Waals surface area (Å²) < 4.78 is 10.3. The molecule has 0 aliphatic heterocycles. The molecule has 0 bridgehead atoms. The molecule has 0 N–H and O–H groups in total. The van der Waals surface area contributed by atoms with Crippen LogP contribution in [0.1, 0.15) is 11.1 Å². The van der Waals surface area contributed by atoms with E-state index in [0.717, 1.165) is 5.56 Å². The molecule has 2 rings (SSSR count). The average Bonchev–Trinajstić information content (AvgIpc) is 2.59. The van der Waals surface area contributed by atoms with Crippen molar-refractivity contribution in [2.45, 2.75) is 6.61 Å². The predicted octanol–water partition coefficient (Wildman–Crippen LogP) is 2.74. The van der Waals surface area contributed by atoms with Gasteiger partial charge in [-0.05, 0) is 18.2 Å². The third-order valence-corrected chi connectivity index (χ3v) is 2.86. The molecule has 2 aromatic rings. The predicted molar refractivity (Wildman–Crippen MR) is 80.6 cm³/mol. The summed E-state index contributed by atoms with van der Waals surface area (Å²) in [5, 5.41) is 9.02. The van der Waals surface area contributed by atoms with Crippen LogP contribution < -0.4 is 4.74 Å². The van der Waals surface area contributed by atoms with Crippen LogP contribution in [-0.4, -0.2) is 18.1 Å². The number of nitrogens with zero attached hydrogens (tertiary/aromatic N) is 2. The monoisotopic (exact) mass is 294 g/mol. The first kappa shape index (κ1) is 15.3. The molecule has 22 heavy (non-hydrogen) atoms. The summed E-state index contributed by atoms with van der Waals surface area (Å²) in [4.78, 5) is 15.5. The first-order valence-electron chi connectivity index (χ1n) is 6.55. The van der Waals surface area contributed by atoms with E-state index >= 15 is 0 Å². The number of benzene rings is 1. The second-order valence-corrected chi connectivity index (χ2v) is 4.35. The molecule has 110 valence electrons. The van der Waals surface area contributed by atoms with Crippen LogP contribution in [0.3, 0.4) is 0 Å². The van der Waals surface area contributed by atoms with E-state index in [9.17, 15) is 4.79 Å². The van der Waals surface area contributed by atoms with Gasteiger partial charge in [-0.15, -0.1) is 0 Å². The number of methoxy groups -OCH3 is 1. The number of carbonyl (C=O) groups is 1. The molecule has 1 heterocycles. The third kappa shape index (κ3) is 3.93. The van der Waals surface area contributed by atoms with E-state index in [0.29, 0.717) is 17.9 Å². The largest absolute Gasteiger partial charge is 0.488 e. The zero-order chi connectivity index (χ0) is 15.8. The lowest BCUT2D eigenvalue weighted by atomic mass is 10.1. The van der Waals surface area contributed by atoms with Crippen LogP contribution in [0.2, 0.25) is 0 Å². The molecule has 0 saturated heterocycles. The number of nitriles is 1. The van der Waals surface area contributed by atoms with Crippen molar-refractivity contribution < 1.29 is 14.3 Å². The molecular formula is C17H14N2O3. The van der Waals surface area contributed by atoms with Crippen molar-refractivity contribution in [3.63, 3.8) is 0 Å². The Labute approximate surface area is 128 Å². The molecule has 0 radical (unpaired) electrons. The fraction of sp³-hybridized carbons (Fsp3) is 0.118. The number of hydrogen-bond donors (Lipinski definition) is 0. The van der Waals surface area contributed by atoms with E-state index in [2.05, 4.69) is 9.72 Å². The van der Waals surface area contributed by atoms with Crippen LogP contribution in [0.25, 0.3) is 6.08 Å². The van der Waals surface area contributed by atoms with Crippen molar-refractivity contribution in [1.29, 1.82) is 5.26 Å². The summed E-state index contributed by atoms with van der Waals surface area (Å²) >= 11 is 0. The molecule has 0 fully saturated rings. The quantitative estimate of drug-likeness (QED) is 0.481. The van der Waals surface area contributed by atoms with Crippen molar-refractivity contribution in [2.24, 2.45) is 0 Å². The highest BCUT2D eigenvalue weighted by Gasteiger charge is 2.10. The molecule has 1 aromatic heterocycles. The van der Waals surface area contributed by atoms with Crippen LogP contribution in [0.5, 0.6) is 5.75 Å². The van der Waals surface area contributed by atoms with Gasteiger partial charge in [-0.1, -0.05) is 24.3 Å². The van der Waals surface area contributed by atoms with E-state index in [4.69, 9.17) is 10.00 Å². The maximum absolute atomic E-state index is 11.5. The molecule has 0 unspecified atom stereocenters. The van der Waals surface area contributed by atoms with Crippen LogP contribution in [0.15, 0.2) is 54.4 Å². The van der Waals surface area contributed by atoms with Gasteiger partial charge in [0.2, 0.25) is 0 Å². The Balaban J connectivity index is 2.22. The number of pyridine rings is 1. The number of aromatic nitrogens is 1. The summed E-state index contributed by atoms with van der Waals surface area (Å²) in [7, 11) is 1.23. The van der Waals surface area contributed by atoms with Gasteiger partial charge in [-0.3, -0.25) is 4.98 Å². The molecule has 0 saturated carbocycles. The van der Waals surface area contributed by atoms with Gasteiger partial charge < -0.3 is 9.47 Å². The van der Waals surface area contributed by atoms with Gasteiger partial charge in [-0.2, -0.15) is 5.26 Å². The number of rotatable bonds is 5. The second kappa shape index (κ2) is 7.60. The summed E-state index contributed by atoms with van der Waals surface area (Å²) in [6.07, 6.45) is 4.85. The summed E-state index contributed by atoms with van der Waals surface area (Å²) in [5.74, 6) is -0.104. The molecule has 5 heteroatoms. The van der Waals surface area contributed by atoms with Crippen molar-refractivity contribution in [1.82, 2.24) is 4.98 Å². The first-order chi connectivity index (χ1) is 10.7. The lowest BCUT2D eigenvalue weighted by Gasteiger charge is -2.09. The minimum atomic E-state index is -0.676. The van der Waals surface area contributed by atoms with Crippen LogP contribution in [0, 0.1) is 11.3 Å². The highest BCUT2D eigenvalue weighted by molar-refractivity contribution is 5.98. The van der Waals surface area contributed by atoms with Gasteiger partial charge in [0.05, 0.1) is 7.11 Å². The third-order valence-electron chi connectivity index (χ3n) is 2.86. The van der Waals surface area contributed by atoms with Crippen LogP contribution in [0.4, 0.5) is 0 Å². The highest BCUT2D eigenvalue weighted by Crippen LogP contribution is 2.22. The average molecular weight is 294 g/mol. The Kier molecular flexibility index (Phi) is 5.27. The molecular weight excluding hydrogens is 280 g/mol. The summed E-state index contributed by atoms with van der Waals surface area (Å²) in [6.45, 7) is 0.346. The van der Waals surface area contributed by atoms with Gasteiger partial charge in [0.15, 0.2) is 0 Å². The first-order valence-corrected chi connectivity index (χ1v) is 6.55. The molecule has 0 amide bonds. The Hall–Kier alpha value is -3.13. The maximum Gasteiger partial charge on any atom is 0.348 e. The summed E-state index contributed by atoms with van der Waals surface area (Å²) in [5.41, 5.74) is 1.48.